The molecule has 0 saturated carbocycles. The molecule has 1 aromatic rings. The molecule has 1 heterocycles. The molecule has 2 N–H and O–H groups in total. The molecule has 1 aromatic carbocycles. The summed E-state index contributed by atoms with van der Waals surface area (Å²) in [7, 11) is 0. The lowest BCUT2D eigenvalue weighted by Crippen LogP contribution is -2.40. The number of hydrogen-bond acceptors (Lipinski definition) is 2. The van der Waals surface area contributed by atoms with Gasteiger partial charge in [-0.2, -0.15) is 0 Å². The summed E-state index contributed by atoms with van der Waals surface area (Å²) in [5, 5.41) is 0.806. The molecule has 0 spiro atoms. The van der Waals surface area contributed by atoms with Gasteiger partial charge in [-0.25, -0.2) is 0 Å². The molecular formula is C15H23ClN2. The van der Waals surface area contributed by atoms with Crippen molar-refractivity contribution < 1.29 is 0 Å². The van der Waals surface area contributed by atoms with E-state index >= 15 is 0 Å². The van der Waals surface area contributed by atoms with Crippen molar-refractivity contribution in [2.24, 2.45) is 11.7 Å². The molecule has 2 rings (SSSR count). The molecule has 2 nitrogen and oxygen atoms in total. The van der Waals surface area contributed by atoms with E-state index in [1.165, 1.54) is 24.1 Å². The molecule has 2 unspecified atom stereocenters. The molecule has 0 bridgehead atoms. The molecule has 1 saturated heterocycles. The summed E-state index contributed by atoms with van der Waals surface area (Å²) >= 11 is 6.09. The number of piperidine rings is 1. The van der Waals surface area contributed by atoms with Crippen molar-refractivity contribution in [1.82, 2.24) is 0 Å². The molecule has 18 heavy (non-hydrogen) atoms. The van der Waals surface area contributed by atoms with E-state index in [-0.39, 0.29) is 0 Å². The molecular weight excluding hydrogens is 244 g/mol. The molecule has 0 aromatic heterocycles. The zero-order valence-electron chi connectivity index (χ0n) is 11.3. The van der Waals surface area contributed by atoms with Gasteiger partial charge >= 0.3 is 0 Å². The first-order valence-corrected chi connectivity index (χ1v) is 7.24. The molecule has 3 heteroatoms. The maximum atomic E-state index is 6.09. The van der Waals surface area contributed by atoms with Crippen LogP contribution in [0.3, 0.4) is 0 Å². The molecule has 1 fully saturated rings. The predicted molar refractivity (Wildman–Crippen MR) is 79.4 cm³/mol. The molecule has 100 valence electrons. The highest BCUT2D eigenvalue weighted by Crippen LogP contribution is 2.31. The fraction of sp³-hybridized carbons (Fsp3) is 0.600. The first-order chi connectivity index (χ1) is 8.61. The van der Waals surface area contributed by atoms with E-state index < -0.39 is 0 Å². The average Bonchev–Trinajstić information content (AvgIpc) is 2.31. The van der Waals surface area contributed by atoms with Gasteiger partial charge in [0.1, 0.15) is 0 Å². The van der Waals surface area contributed by atoms with Crippen LogP contribution in [0.1, 0.15) is 32.3 Å². The topological polar surface area (TPSA) is 29.3 Å². The Morgan fingerprint density at radius 1 is 1.39 bits per heavy atom. The van der Waals surface area contributed by atoms with Crippen LogP contribution in [0.4, 0.5) is 5.69 Å². The maximum absolute atomic E-state index is 6.09. The second-order valence-electron chi connectivity index (χ2n) is 5.48. The summed E-state index contributed by atoms with van der Waals surface area (Å²) < 4.78 is 0. The van der Waals surface area contributed by atoms with Crippen molar-refractivity contribution in [3.8, 4) is 0 Å². The molecule has 1 aliphatic rings. The monoisotopic (exact) mass is 266 g/mol. The minimum atomic E-state index is 0.603. The Morgan fingerprint density at radius 3 is 2.83 bits per heavy atom. The predicted octanol–water partition coefficient (Wildman–Crippen LogP) is 3.47. The zero-order valence-corrected chi connectivity index (χ0v) is 12.1. The molecule has 0 amide bonds. The summed E-state index contributed by atoms with van der Waals surface area (Å²) in [5.74, 6) is 0.835. The second-order valence-corrected chi connectivity index (χ2v) is 5.92. The lowest BCUT2D eigenvalue weighted by atomic mass is 9.92. The molecule has 0 aliphatic carbocycles. The number of rotatable bonds is 3. The van der Waals surface area contributed by atoms with Gasteiger partial charge in [-0.3, -0.25) is 0 Å². The highest BCUT2D eigenvalue weighted by molar-refractivity contribution is 6.30. The normalized spacial score (nSPS) is 24.3. The third-order valence-corrected chi connectivity index (χ3v) is 4.14. The smallest absolute Gasteiger partial charge is 0.0410 e. The van der Waals surface area contributed by atoms with Crippen LogP contribution in [-0.2, 0) is 6.42 Å². The van der Waals surface area contributed by atoms with Crippen molar-refractivity contribution in [2.45, 2.75) is 39.2 Å². The van der Waals surface area contributed by atoms with Gasteiger partial charge in [0.25, 0.3) is 0 Å². The van der Waals surface area contributed by atoms with Crippen molar-refractivity contribution in [2.75, 3.05) is 18.0 Å². The van der Waals surface area contributed by atoms with E-state index in [1.807, 2.05) is 6.07 Å². The highest BCUT2D eigenvalue weighted by Gasteiger charge is 2.24. The Kier molecular flexibility index (Phi) is 4.52. The minimum Gasteiger partial charge on any atom is -0.369 e. The van der Waals surface area contributed by atoms with Crippen molar-refractivity contribution in [3.05, 3.63) is 28.8 Å². The van der Waals surface area contributed by atoms with E-state index in [1.54, 1.807) is 0 Å². The summed E-state index contributed by atoms with van der Waals surface area (Å²) in [6, 6.07) is 6.81. The SMILES string of the molecule is CC1CCN(c2ccc(Cl)cc2CCN)C(C)C1. The van der Waals surface area contributed by atoms with Gasteiger partial charge in [-0.1, -0.05) is 18.5 Å². The van der Waals surface area contributed by atoms with Crippen molar-refractivity contribution in [1.29, 1.82) is 0 Å². The first-order valence-electron chi connectivity index (χ1n) is 6.87. The summed E-state index contributed by atoms with van der Waals surface area (Å²) in [5.41, 5.74) is 8.31. The van der Waals surface area contributed by atoms with Gasteiger partial charge in [-0.05, 0) is 62.4 Å². The third kappa shape index (κ3) is 2.99. The first kappa shape index (κ1) is 13.7. The zero-order chi connectivity index (χ0) is 13.1. The molecule has 1 aliphatic heterocycles. The van der Waals surface area contributed by atoms with Crippen LogP contribution in [0.2, 0.25) is 5.02 Å². The largest absolute Gasteiger partial charge is 0.369 e. The Labute approximate surface area is 115 Å². The summed E-state index contributed by atoms with van der Waals surface area (Å²) in [4.78, 5) is 2.52. The number of nitrogens with two attached hydrogens (primary N) is 1. The third-order valence-electron chi connectivity index (χ3n) is 3.90. The maximum Gasteiger partial charge on any atom is 0.0410 e. The fourth-order valence-electron chi connectivity index (χ4n) is 2.96. The van der Waals surface area contributed by atoms with Crippen LogP contribution in [0.5, 0.6) is 0 Å². The van der Waals surface area contributed by atoms with E-state index in [0.717, 1.165) is 23.9 Å². The van der Waals surface area contributed by atoms with Gasteiger partial charge in [0, 0.05) is 23.3 Å². The van der Waals surface area contributed by atoms with Crippen LogP contribution in [0.15, 0.2) is 18.2 Å². The lowest BCUT2D eigenvalue weighted by Gasteiger charge is -2.39. The minimum absolute atomic E-state index is 0.603. The fourth-order valence-corrected chi connectivity index (χ4v) is 3.15. The Balaban J connectivity index is 2.26. The quantitative estimate of drug-likeness (QED) is 0.908. The number of benzene rings is 1. The van der Waals surface area contributed by atoms with Crippen molar-refractivity contribution in [3.63, 3.8) is 0 Å². The van der Waals surface area contributed by atoms with E-state index in [9.17, 15) is 0 Å². The number of nitrogens with zero attached hydrogens (tertiary/aromatic N) is 1. The lowest BCUT2D eigenvalue weighted by molar-refractivity contribution is 0.377. The Bertz CT molecular complexity index is 405. The number of anilines is 1. The van der Waals surface area contributed by atoms with Crippen LogP contribution >= 0.6 is 11.6 Å². The van der Waals surface area contributed by atoms with Crippen LogP contribution in [0.25, 0.3) is 0 Å². The van der Waals surface area contributed by atoms with E-state index in [2.05, 4.69) is 30.9 Å². The summed E-state index contributed by atoms with van der Waals surface area (Å²) in [6.07, 6.45) is 3.44. The summed E-state index contributed by atoms with van der Waals surface area (Å²) in [6.45, 7) is 6.47. The van der Waals surface area contributed by atoms with Gasteiger partial charge in [-0.15, -0.1) is 0 Å². The number of hydrogen-bond donors (Lipinski definition) is 1. The van der Waals surface area contributed by atoms with Crippen molar-refractivity contribution >= 4 is 17.3 Å². The molecule has 2 atom stereocenters. The highest BCUT2D eigenvalue weighted by atomic mass is 35.5. The van der Waals surface area contributed by atoms with Crippen LogP contribution < -0.4 is 10.6 Å². The molecule has 0 radical (unpaired) electrons. The van der Waals surface area contributed by atoms with E-state index in [0.29, 0.717) is 12.6 Å². The van der Waals surface area contributed by atoms with Gasteiger partial charge in [0.15, 0.2) is 0 Å². The van der Waals surface area contributed by atoms with Gasteiger partial charge in [0.2, 0.25) is 0 Å². The van der Waals surface area contributed by atoms with Crippen LogP contribution in [0, 0.1) is 5.92 Å². The Hall–Kier alpha value is -0.730. The second kappa shape index (κ2) is 5.94. The average molecular weight is 267 g/mol. The van der Waals surface area contributed by atoms with Gasteiger partial charge in [0.05, 0.1) is 0 Å². The van der Waals surface area contributed by atoms with Gasteiger partial charge < -0.3 is 10.6 Å². The van der Waals surface area contributed by atoms with E-state index in [4.69, 9.17) is 17.3 Å². The Morgan fingerprint density at radius 2 is 2.17 bits per heavy atom. The van der Waals surface area contributed by atoms with Crippen LogP contribution in [-0.4, -0.2) is 19.1 Å². The number of halogens is 1. The standard InChI is InChI=1S/C15H23ClN2/c1-11-6-8-18(12(2)9-11)15-4-3-14(16)10-13(15)5-7-17/h3-4,10-12H,5-9,17H2,1-2H3.